The molecular weight excluding hydrogens is 530 g/mol. The van der Waals surface area contributed by atoms with Crippen molar-refractivity contribution in [1.29, 1.82) is 0 Å². The van der Waals surface area contributed by atoms with Crippen molar-refractivity contribution in [3.05, 3.63) is 0 Å². The van der Waals surface area contributed by atoms with Crippen molar-refractivity contribution in [1.82, 2.24) is 20.9 Å². The van der Waals surface area contributed by atoms with Crippen molar-refractivity contribution >= 4 is 35.5 Å². The molecule has 3 rings (SSSR count). The van der Waals surface area contributed by atoms with Gasteiger partial charge in [0.15, 0.2) is 0 Å². The van der Waals surface area contributed by atoms with E-state index < -0.39 is 70.7 Å². The van der Waals surface area contributed by atoms with Gasteiger partial charge in [0.05, 0.1) is 0 Å². The first-order chi connectivity index (χ1) is 18.7. The number of hydrogen-bond acceptors (Lipinski definition) is 7. The number of carbonyl (C=O) groups excluding carboxylic acids is 6. The van der Waals surface area contributed by atoms with E-state index >= 15 is 0 Å². The Balaban J connectivity index is 1.79. The number of amides is 5. The summed E-state index contributed by atoms with van der Waals surface area (Å²) in [6.45, 7) is 16.7. The third-order valence-corrected chi connectivity index (χ3v) is 8.47. The fraction of sp³-hybridized carbons (Fsp3) is 0.793. The van der Waals surface area contributed by atoms with Crippen LogP contribution in [-0.2, 0) is 28.7 Å². The Labute approximate surface area is 242 Å². The Morgan fingerprint density at radius 2 is 1.56 bits per heavy atom. The maximum atomic E-state index is 14.0. The van der Waals surface area contributed by atoms with Crippen molar-refractivity contribution < 1.29 is 33.5 Å². The molecule has 41 heavy (non-hydrogen) atoms. The average Bonchev–Trinajstić information content (AvgIpc) is 3.70. The van der Waals surface area contributed by atoms with Crippen molar-refractivity contribution in [2.45, 2.75) is 111 Å². The van der Waals surface area contributed by atoms with Crippen LogP contribution in [0.15, 0.2) is 0 Å². The highest BCUT2D eigenvalue weighted by Crippen LogP contribution is 2.65. The molecule has 0 aromatic heterocycles. The monoisotopic (exact) mass is 577 g/mol. The summed E-state index contributed by atoms with van der Waals surface area (Å²) in [7, 11) is 0. The molecule has 1 aliphatic heterocycles. The predicted molar refractivity (Wildman–Crippen MR) is 150 cm³/mol. The third-order valence-electron chi connectivity index (χ3n) is 8.47. The summed E-state index contributed by atoms with van der Waals surface area (Å²) >= 11 is 0. The van der Waals surface area contributed by atoms with Crippen LogP contribution in [-0.4, -0.2) is 76.7 Å². The number of rotatable bonds is 10. The van der Waals surface area contributed by atoms with E-state index in [1.54, 1.807) is 48.5 Å². The third kappa shape index (κ3) is 7.19. The Kier molecular flexibility index (Phi) is 8.87. The molecule has 6 atom stereocenters. The number of piperidine rings is 1. The number of nitrogens with two attached hydrogens (primary N) is 1. The molecule has 5 N–H and O–H groups in total. The van der Waals surface area contributed by atoms with Crippen LogP contribution >= 0.6 is 0 Å². The second-order valence-electron chi connectivity index (χ2n) is 14.4. The Bertz CT molecular complexity index is 1100. The first-order valence-corrected chi connectivity index (χ1v) is 14.4. The number of likely N-dealkylation sites (tertiary alicyclic amines) is 1. The Hall–Kier alpha value is -3.18. The van der Waals surface area contributed by atoms with E-state index in [9.17, 15) is 28.8 Å². The van der Waals surface area contributed by atoms with E-state index in [0.29, 0.717) is 19.4 Å². The number of esters is 1. The van der Waals surface area contributed by atoms with Crippen molar-refractivity contribution in [2.75, 3.05) is 6.54 Å². The maximum absolute atomic E-state index is 14.0. The van der Waals surface area contributed by atoms with Gasteiger partial charge < -0.3 is 31.3 Å². The largest absolute Gasteiger partial charge is 0.458 e. The van der Waals surface area contributed by atoms with E-state index in [1.807, 2.05) is 13.8 Å². The number of Topliss-reactive ketones (excluding diaryl/α,β-unsaturated/α-hetero) is 1. The summed E-state index contributed by atoms with van der Waals surface area (Å²) in [5.74, 6) is -3.70. The number of ketones is 1. The average molecular weight is 578 g/mol. The molecule has 3 aliphatic rings. The molecule has 1 saturated heterocycles. The van der Waals surface area contributed by atoms with Crippen molar-refractivity contribution in [3.63, 3.8) is 0 Å². The van der Waals surface area contributed by atoms with Gasteiger partial charge in [-0.15, -0.1) is 0 Å². The van der Waals surface area contributed by atoms with Crippen LogP contribution in [0.25, 0.3) is 0 Å². The van der Waals surface area contributed by atoms with Gasteiger partial charge in [-0.3, -0.25) is 19.2 Å². The minimum Gasteiger partial charge on any atom is -0.458 e. The van der Waals surface area contributed by atoms with Crippen LogP contribution < -0.4 is 21.7 Å². The highest BCUT2D eigenvalue weighted by Gasteiger charge is 2.70. The van der Waals surface area contributed by atoms with Crippen LogP contribution in [0.3, 0.4) is 0 Å². The fourth-order valence-corrected chi connectivity index (χ4v) is 5.88. The minimum absolute atomic E-state index is 0.0690. The van der Waals surface area contributed by atoms with Gasteiger partial charge in [0, 0.05) is 6.54 Å². The molecule has 0 spiro atoms. The molecule has 2 aliphatic carbocycles. The van der Waals surface area contributed by atoms with E-state index in [4.69, 9.17) is 10.5 Å². The number of fused-ring (bicyclic) bond motifs is 1. The highest BCUT2D eigenvalue weighted by molar-refractivity contribution is 6.38. The zero-order chi connectivity index (χ0) is 31.2. The number of urea groups is 1. The molecule has 5 amide bonds. The lowest BCUT2D eigenvalue weighted by molar-refractivity contribution is -0.157. The summed E-state index contributed by atoms with van der Waals surface area (Å²) in [5.41, 5.74) is 3.57. The van der Waals surface area contributed by atoms with Gasteiger partial charge in [-0.25, -0.2) is 9.59 Å². The van der Waals surface area contributed by atoms with Crippen LogP contribution in [0.5, 0.6) is 0 Å². The summed E-state index contributed by atoms with van der Waals surface area (Å²) in [5, 5.41) is 8.08. The van der Waals surface area contributed by atoms with Gasteiger partial charge in [-0.1, -0.05) is 41.5 Å². The number of ether oxygens (including phenoxy) is 1. The second-order valence-corrected chi connectivity index (χ2v) is 14.4. The number of carbonyl (C=O) groups is 6. The smallest absolute Gasteiger partial charge is 0.329 e. The molecule has 0 bridgehead atoms. The topological polar surface area (TPSA) is 177 Å². The molecule has 1 unspecified atom stereocenters. The number of nitrogens with one attached hydrogen (secondary N) is 3. The molecule has 1 heterocycles. The zero-order valence-corrected chi connectivity index (χ0v) is 25.8. The molecule has 2 saturated carbocycles. The first kappa shape index (κ1) is 32.3. The standard InChI is InChI=1S/C29H47N5O7/c1-10-16(25(39)41-28(5,6)7)31-26(40)33-21(27(2,3)4)24(38)34-13-15-17(29(15,8)9)19(34)23(37)32-18(14-11-12-14)20(35)22(30)36/h14-19,21H,10-13H2,1-9H3,(H2,30,36)(H,32,37)(H2,31,33,40)/t15-,16-,17-,18?,19-,21+/m0/s1. The normalized spacial score (nSPS) is 25.2. The summed E-state index contributed by atoms with van der Waals surface area (Å²) in [6.07, 6.45) is 1.68. The van der Waals surface area contributed by atoms with E-state index in [0.717, 1.165) is 0 Å². The highest BCUT2D eigenvalue weighted by atomic mass is 16.6. The summed E-state index contributed by atoms with van der Waals surface area (Å²) in [4.78, 5) is 78.9. The fourth-order valence-electron chi connectivity index (χ4n) is 5.88. The van der Waals surface area contributed by atoms with E-state index in [1.165, 1.54) is 4.90 Å². The molecule has 0 radical (unpaired) electrons. The van der Waals surface area contributed by atoms with Crippen LogP contribution in [0.4, 0.5) is 4.79 Å². The number of hydrogen-bond donors (Lipinski definition) is 4. The lowest BCUT2D eigenvalue weighted by Gasteiger charge is -2.38. The summed E-state index contributed by atoms with van der Waals surface area (Å²) < 4.78 is 5.40. The molecular formula is C29H47N5O7. The minimum atomic E-state index is -1.11. The van der Waals surface area contributed by atoms with Crippen LogP contribution in [0.2, 0.25) is 0 Å². The summed E-state index contributed by atoms with van der Waals surface area (Å²) in [6, 6.07) is -4.53. The maximum Gasteiger partial charge on any atom is 0.329 e. The van der Waals surface area contributed by atoms with Gasteiger partial charge in [-0.05, 0) is 68.6 Å². The van der Waals surface area contributed by atoms with Gasteiger partial charge >= 0.3 is 12.0 Å². The molecule has 0 aromatic rings. The van der Waals surface area contributed by atoms with Crippen molar-refractivity contribution in [3.8, 4) is 0 Å². The van der Waals surface area contributed by atoms with Crippen LogP contribution in [0, 0.1) is 28.6 Å². The van der Waals surface area contributed by atoms with Crippen molar-refractivity contribution in [2.24, 2.45) is 34.3 Å². The number of nitrogens with zero attached hydrogens (tertiary/aromatic N) is 1. The molecule has 12 heteroatoms. The predicted octanol–water partition coefficient (Wildman–Crippen LogP) is 1.25. The SMILES string of the molecule is CC[C@H](NC(=O)N[C@H](C(=O)N1C[C@H]2[C@@H]([C@H]1C(=O)NC(C(=O)C(N)=O)C1CC1)C2(C)C)C(C)(C)C)C(=O)OC(C)(C)C. The molecule has 0 aromatic carbocycles. The lowest BCUT2D eigenvalue weighted by atomic mass is 9.85. The van der Waals surface area contributed by atoms with E-state index in [-0.39, 0.29) is 29.6 Å². The quantitative estimate of drug-likeness (QED) is 0.223. The lowest BCUT2D eigenvalue weighted by Crippen LogP contribution is -2.62. The van der Waals surface area contributed by atoms with Gasteiger partial charge in [-0.2, -0.15) is 0 Å². The Morgan fingerprint density at radius 3 is 2.02 bits per heavy atom. The second kappa shape index (κ2) is 11.2. The molecule has 230 valence electrons. The van der Waals surface area contributed by atoms with Gasteiger partial charge in [0.2, 0.25) is 17.6 Å². The van der Waals surface area contributed by atoms with Gasteiger partial charge in [0.25, 0.3) is 5.91 Å². The first-order valence-electron chi connectivity index (χ1n) is 14.4. The van der Waals surface area contributed by atoms with Gasteiger partial charge in [0.1, 0.15) is 29.8 Å². The molecule has 3 fully saturated rings. The zero-order valence-electron chi connectivity index (χ0n) is 25.8. The number of primary amides is 1. The molecule has 12 nitrogen and oxygen atoms in total. The van der Waals surface area contributed by atoms with E-state index in [2.05, 4.69) is 16.0 Å². The van der Waals surface area contributed by atoms with Crippen LogP contribution in [0.1, 0.15) is 81.6 Å². The Morgan fingerprint density at radius 1 is 0.976 bits per heavy atom.